The SMILES string of the molecule is COCc1c(-c2nc(-c3cc(F)ccc3F)no2)cnn1-c1ccccc1. The van der Waals surface area contributed by atoms with Gasteiger partial charge < -0.3 is 9.26 Å². The number of rotatable bonds is 5. The minimum atomic E-state index is -0.638. The van der Waals surface area contributed by atoms with Crippen molar-refractivity contribution < 1.29 is 18.0 Å². The lowest BCUT2D eigenvalue weighted by molar-refractivity contribution is 0.179. The van der Waals surface area contributed by atoms with Gasteiger partial charge >= 0.3 is 0 Å². The summed E-state index contributed by atoms with van der Waals surface area (Å²) in [5.41, 5.74) is 2.01. The van der Waals surface area contributed by atoms with Gasteiger partial charge in [0.15, 0.2) is 0 Å². The molecule has 27 heavy (non-hydrogen) atoms. The van der Waals surface area contributed by atoms with Crippen molar-refractivity contribution in [2.45, 2.75) is 6.61 Å². The summed E-state index contributed by atoms with van der Waals surface area (Å²) in [7, 11) is 1.56. The van der Waals surface area contributed by atoms with Crippen molar-refractivity contribution in [3.8, 4) is 28.5 Å². The smallest absolute Gasteiger partial charge is 0.261 e. The van der Waals surface area contributed by atoms with Crippen LogP contribution in [0.3, 0.4) is 0 Å². The van der Waals surface area contributed by atoms with Crippen LogP contribution in [0.15, 0.2) is 59.3 Å². The van der Waals surface area contributed by atoms with Gasteiger partial charge in [0.2, 0.25) is 5.82 Å². The van der Waals surface area contributed by atoms with Crippen LogP contribution in [-0.4, -0.2) is 27.0 Å². The molecule has 0 atom stereocenters. The van der Waals surface area contributed by atoms with Crippen molar-refractivity contribution in [3.63, 3.8) is 0 Å². The number of hydrogen-bond acceptors (Lipinski definition) is 5. The molecule has 2 heterocycles. The zero-order chi connectivity index (χ0) is 18.8. The third-order valence-electron chi connectivity index (χ3n) is 3.98. The highest BCUT2D eigenvalue weighted by Gasteiger charge is 2.21. The Balaban J connectivity index is 1.77. The molecule has 8 heteroatoms. The Morgan fingerprint density at radius 3 is 2.67 bits per heavy atom. The van der Waals surface area contributed by atoms with Crippen molar-refractivity contribution in [1.82, 2.24) is 19.9 Å². The fourth-order valence-corrected chi connectivity index (χ4v) is 2.73. The predicted molar refractivity (Wildman–Crippen MR) is 92.9 cm³/mol. The Morgan fingerprint density at radius 1 is 1.07 bits per heavy atom. The van der Waals surface area contributed by atoms with Gasteiger partial charge in [-0.1, -0.05) is 23.4 Å². The number of ether oxygens (including phenoxy) is 1. The van der Waals surface area contributed by atoms with E-state index in [-0.39, 0.29) is 23.9 Å². The standard InChI is InChI=1S/C19H14F2N4O2/c1-26-11-17-15(10-22-25(17)13-5-3-2-4-6-13)19-23-18(24-27-19)14-9-12(20)7-8-16(14)21/h2-10H,11H2,1H3. The molecule has 0 aliphatic carbocycles. The van der Waals surface area contributed by atoms with Gasteiger partial charge in [0.1, 0.15) is 11.6 Å². The van der Waals surface area contributed by atoms with Crippen LogP contribution in [0.2, 0.25) is 0 Å². The highest BCUT2D eigenvalue weighted by molar-refractivity contribution is 5.62. The van der Waals surface area contributed by atoms with Crippen molar-refractivity contribution >= 4 is 0 Å². The van der Waals surface area contributed by atoms with E-state index in [9.17, 15) is 8.78 Å². The molecule has 0 saturated heterocycles. The predicted octanol–water partition coefficient (Wildman–Crippen LogP) is 4.01. The second-order valence-electron chi connectivity index (χ2n) is 5.73. The molecule has 0 fully saturated rings. The summed E-state index contributed by atoms with van der Waals surface area (Å²) in [6.45, 7) is 0.246. The number of methoxy groups -OCH3 is 1. The first kappa shape index (κ1) is 17.0. The maximum Gasteiger partial charge on any atom is 0.261 e. The zero-order valence-electron chi connectivity index (χ0n) is 14.3. The number of benzene rings is 2. The molecule has 4 aromatic rings. The van der Waals surface area contributed by atoms with E-state index in [2.05, 4.69) is 15.2 Å². The van der Waals surface area contributed by atoms with Crippen molar-refractivity contribution in [1.29, 1.82) is 0 Å². The second-order valence-corrected chi connectivity index (χ2v) is 5.73. The van der Waals surface area contributed by atoms with Crippen LogP contribution in [0.5, 0.6) is 0 Å². The summed E-state index contributed by atoms with van der Waals surface area (Å²) in [5.74, 6) is -1.13. The third kappa shape index (κ3) is 3.22. The maximum absolute atomic E-state index is 14.0. The van der Waals surface area contributed by atoms with Crippen molar-refractivity contribution in [2.24, 2.45) is 0 Å². The average molecular weight is 368 g/mol. The highest BCUT2D eigenvalue weighted by atomic mass is 19.1. The fraction of sp³-hybridized carbons (Fsp3) is 0.105. The molecule has 2 aromatic carbocycles. The molecule has 136 valence electrons. The molecular formula is C19H14F2N4O2. The Hall–Kier alpha value is -3.39. The molecule has 0 unspecified atom stereocenters. The lowest BCUT2D eigenvalue weighted by Crippen LogP contribution is -2.03. The number of halogens is 2. The number of aromatic nitrogens is 4. The lowest BCUT2D eigenvalue weighted by atomic mass is 10.2. The van der Waals surface area contributed by atoms with Gasteiger partial charge in [-0.25, -0.2) is 13.5 Å². The Bertz CT molecular complexity index is 1080. The molecule has 0 aliphatic rings. The minimum absolute atomic E-state index is 0.0437. The average Bonchev–Trinajstić information content (AvgIpc) is 3.32. The molecule has 0 radical (unpaired) electrons. The number of hydrogen-bond donors (Lipinski definition) is 0. The van der Waals surface area contributed by atoms with Gasteiger partial charge in [-0.3, -0.25) is 0 Å². The first-order valence-electron chi connectivity index (χ1n) is 8.08. The summed E-state index contributed by atoms with van der Waals surface area (Å²) in [6.07, 6.45) is 1.57. The molecular weight excluding hydrogens is 354 g/mol. The summed E-state index contributed by atoms with van der Waals surface area (Å²) in [5, 5.41) is 8.15. The van der Waals surface area contributed by atoms with E-state index in [1.165, 1.54) is 0 Å². The monoisotopic (exact) mass is 368 g/mol. The van der Waals surface area contributed by atoms with E-state index in [1.807, 2.05) is 30.3 Å². The maximum atomic E-state index is 14.0. The summed E-state index contributed by atoms with van der Waals surface area (Å²) in [4.78, 5) is 4.21. The van der Waals surface area contributed by atoms with Gasteiger partial charge in [0.05, 0.1) is 35.3 Å². The summed E-state index contributed by atoms with van der Waals surface area (Å²) >= 11 is 0. The molecule has 2 aromatic heterocycles. The Morgan fingerprint density at radius 2 is 1.89 bits per heavy atom. The molecule has 0 aliphatic heterocycles. The quantitative estimate of drug-likeness (QED) is 0.532. The third-order valence-corrected chi connectivity index (χ3v) is 3.98. The highest BCUT2D eigenvalue weighted by Crippen LogP contribution is 2.28. The Labute approximate surface area is 153 Å². The van der Waals surface area contributed by atoms with Gasteiger partial charge in [0, 0.05) is 7.11 Å². The summed E-state index contributed by atoms with van der Waals surface area (Å²) in [6, 6.07) is 12.6. The van der Waals surface area contributed by atoms with Gasteiger partial charge in [-0.05, 0) is 30.3 Å². The van der Waals surface area contributed by atoms with Crippen molar-refractivity contribution in [3.05, 3.63) is 72.1 Å². The fourth-order valence-electron chi connectivity index (χ4n) is 2.73. The van der Waals surface area contributed by atoms with Gasteiger partial charge in [0.25, 0.3) is 5.89 Å². The van der Waals surface area contributed by atoms with Crippen LogP contribution in [0, 0.1) is 11.6 Å². The van der Waals surface area contributed by atoms with E-state index in [0.717, 1.165) is 23.9 Å². The molecule has 4 rings (SSSR count). The molecule has 0 bridgehead atoms. The lowest BCUT2D eigenvalue weighted by Gasteiger charge is -2.07. The molecule has 0 spiro atoms. The van der Waals surface area contributed by atoms with Crippen molar-refractivity contribution in [2.75, 3.05) is 7.11 Å². The first-order valence-corrected chi connectivity index (χ1v) is 8.08. The van der Waals surface area contributed by atoms with E-state index < -0.39 is 11.6 Å². The van der Waals surface area contributed by atoms with Crippen LogP contribution < -0.4 is 0 Å². The van der Waals surface area contributed by atoms with Crippen LogP contribution in [0.4, 0.5) is 8.78 Å². The van der Waals surface area contributed by atoms with Crippen LogP contribution >= 0.6 is 0 Å². The van der Waals surface area contributed by atoms with Crippen LogP contribution in [0.25, 0.3) is 28.5 Å². The van der Waals surface area contributed by atoms with Gasteiger partial charge in [-0.15, -0.1) is 0 Å². The Kier molecular flexibility index (Phi) is 4.47. The van der Waals surface area contributed by atoms with Crippen LogP contribution in [-0.2, 0) is 11.3 Å². The van der Waals surface area contributed by atoms with Gasteiger partial charge in [-0.2, -0.15) is 10.1 Å². The minimum Gasteiger partial charge on any atom is -0.378 e. The first-order chi connectivity index (χ1) is 13.2. The van der Waals surface area contributed by atoms with E-state index in [4.69, 9.17) is 9.26 Å². The molecule has 6 nitrogen and oxygen atoms in total. The van der Waals surface area contributed by atoms with Crippen LogP contribution in [0.1, 0.15) is 5.69 Å². The second kappa shape index (κ2) is 7.08. The molecule has 0 N–H and O–H groups in total. The van der Waals surface area contributed by atoms with E-state index in [0.29, 0.717) is 11.3 Å². The number of para-hydroxylation sites is 1. The van der Waals surface area contributed by atoms with E-state index in [1.54, 1.807) is 18.0 Å². The largest absolute Gasteiger partial charge is 0.378 e. The number of nitrogens with zero attached hydrogens (tertiary/aromatic N) is 4. The normalized spacial score (nSPS) is 11.1. The molecule has 0 saturated carbocycles. The zero-order valence-corrected chi connectivity index (χ0v) is 14.3. The van der Waals surface area contributed by atoms with E-state index >= 15 is 0 Å². The summed E-state index contributed by atoms with van der Waals surface area (Å²) < 4.78 is 39.7. The molecule has 0 amide bonds. The topological polar surface area (TPSA) is 66.0 Å².